The van der Waals surface area contributed by atoms with Crippen molar-refractivity contribution in [3.05, 3.63) is 35.5 Å². The number of nitrogens with one attached hydrogen (secondary N) is 1. The highest BCUT2D eigenvalue weighted by atomic mass is 35.5. The maximum atomic E-state index is 13.3. The van der Waals surface area contributed by atoms with Crippen LogP contribution in [0.15, 0.2) is 30.5 Å². The fourth-order valence-corrected chi connectivity index (χ4v) is 4.06. The topological polar surface area (TPSA) is 148 Å². The summed E-state index contributed by atoms with van der Waals surface area (Å²) in [5.41, 5.74) is 0.542. The molecule has 3 rings (SSSR count). The lowest BCUT2D eigenvalue weighted by Crippen LogP contribution is -2.48. The standard InChI is InChI=1S/C27H35ClN4O8/c1-15(2)23(33)39-22-16(3)38-25(35)21(29-26(36)40-27(4,5)6)14-37-24(34)19(22)10-11-32-13-20(30-31-32)17-8-7-9-18(28)12-17/h7-9,12-13,15-16,19,21-22H,10-11,14H2,1-6H3,(H,29,36)/t16-,19+,21-,22-/m0/s1. The van der Waals surface area contributed by atoms with E-state index in [1.807, 2.05) is 6.07 Å². The van der Waals surface area contributed by atoms with E-state index in [0.717, 1.165) is 5.56 Å². The van der Waals surface area contributed by atoms with Crippen molar-refractivity contribution in [2.75, 3.05) is 6.61 Å². The van der Waals surface area contributed by atoms with Gasteiger partial charge >= 0.3 is 24.0 Å². The first kappa shape index (κ1) is 30.9. The number of carbonyl (C=O) groups is 4. The molecule has 0 bridgehead atoms. The van der Waals surface area contributed by atoms with Gasteiger partial charge in [0, 0.05) is 17.1 Å². The number of benzene rings is 1. The van der Waals surface area contributed by atoms with Crippen molar-refractivity contribution >= 4 is 35.6 Å². The maximum absolute atomic E-state index is 13.3. The number of aryl methyl sites for hydroxylation is 1. The van der Waals surface area contributed by atoms with Gasteiger partial charge in [-0.2, -0.15) is 0 Å². The number of hydrogen-bond donors (Lipinski definition) is 1. The van der Waals surface area contributed by atoms with Crippen LogP contribution in [0, 0.1) is 11.8 Å². The summed E-state index contributed by atoms with van der Waals surface area (Å²) in [6.45, 7) is 9.53. The van der Waals surface area contributed by atoms with Gasteiger partial charge in [0.1, 0.15) is 24.0 Å². The zero-order valence-corrected chi connectivity index (χ0v) is 24.1. The Morgan fingerprint density at radius 3 is 2.60 bits per heavy atom. The minimum atomic E-state index is -1.32. The van der Waals surface area contributed by atoms with Gasteiger partial charge < -0.3 is 24.3 Å². The normalized spacial score (nSPS) is 21.9. The fraction of sp³-hybridized carbons (Fsp3) is 0.556. The smallest absolute Gasteiger partial charge is 0.408 e. The number of amides is 1. The lowest BCUT2D eigenvalue weighted by atomic mass is 9.94. The highest BCUT2D eigenvalue weighted by Gasteiger charge is 2.42. The molecule has 1 aromatic carbocycles. The van der Waals surface area contributed by atoms with Gasteiger partial charge in [-0.05, 0) is 46.2 Å². The summed E-state index contributed by atoms with van der Waals surface area (Å²) in [6.07, 6.45) is -1.24. The highest BCUT2D eigenvalue weighted by molar-refractivity contribution is 6.30. The molecule has 4 atom stereocenters. The van der Waals surface area contributed by atoms with E-state index in [2.05, 4.69) is 15.6 Å². The van der Waals surface area contributed by atoms with E-state index in [1.54, 1.807) is 63.7 Å². The quantitative estimate of drug-likeness (QED) is 0.382. The van der Waals surface area contributed by atoms with Crippen molar-refractivity contribution in [2.45, 2.75) is 78.4 Å². The number of carbonyl (C=O) groups excluding carboxylic acids is 4. The second-order valence-corrected chi connectivity index (χ2v) is 11.2. The molecule has 1 aliphatic rings. The first-order valence-corrected chi connectivity index (χ1v) is 13.3. The van der Waals surface area contributed by atoms with Crippen LogP contribution in [0.4, 0.5) is 4.79 Å². The fourth-order valence-electron chi connectivity index (χ4n) is 3.87. The molecule has 1 aliphatic heterocycles. The number of hydrogen-bond acceptors (Lipinski definition) is 10. The third-order valence-corrected chi connectivity index (χ3v) is 6.12. The number of alkyl carbamates (subject to hydrolysis) is 1. The Bertz CT molecular complexity index is 1230. The van der Waals surface area contributed by atoms with E-state index >= 15 is 0 Å². The van der Waals surface area contributed by atoms with E-state index in [0.29, 0.717) is 10.7 Å². The van der Waals surface area contributed by atoms with E-state index in [1.165, 1.54) is 6.92 Å². The summed E-state index contributed by atoms with van der Waals surface area (Å²) < 4.78 is 23.4. The molecule has 1 aromatic heterocycles. The Morgan fingerprint density at radius 2 is 1.95 bits per heavy atom. The molecule has 0 aliphatic carbocycles. The second-order valence-electron chi connectivity index (χ2n) is 10.8. The van der Waals surface area contributed by atoms with Gasteiger partial charge in [-0.15, -0.1) is 5.10 Å². The zero-order valence-electron chi connectivity index (χ0n) is 23.4. The minimum Gasteiger partial charge on any atom is -0.463 e. The van der Waals surface area contributed by atoms with Crippen LogP contribution in [-0.4, -0.2) is 69.5 Å². The Hall–Kier alpha value is -3.67. The lowest BCUT2D eigenvalue weighted by Gasteiger charge is -2.29. The van der Waals surface area contributed by atoms with Crippen LogP contribution in [-0.2, 0) is 39.9 Å². The van der Waals surface area contributed by atoms with Gasteiger partial charge in [-0.25, -0.2) is 9.59 Å². The third-order valence-electron chi connectivity index (χ3n) is 5.88. The van der Waals surface area contributed by atoms with E-state index in [-0.39, 0.29) is 13.0 Å². The highest BCUT2D eigenvalue weighted by Crippen LogP contribution is 2.25. The van der Waals surface area contributed by atoms with Gasteiger partial charge in [-0.1, -0.05) is 42.8 Å². The van der Waals surface area contributed by atoms with Crippen molar-refractivity contribution in [3.63, 3.8) is 0 Å². The Balaban J connectivity index is 1.81. The third kappa shape index (κ3) is 8.67. The molecule has 1 N–H and O–H groups in total. The van der Waals surface area contributed by atoms with Crippen LogP contribution in [0.25, 0.3) is 11.3 Å². The Labute approximate surface area is 237 Å². The van der Waals surface area contributed by atoms with Crippen LogP contribution < -0.4 is 5.32 Å². The molecule has 13 heteroatoms. The molecule has 2 heterocycles. The molecule has 0 saturated carbocycles. The molecule has 218 valence electrons. The predicted molar refractivity (Wildman–Crippen MR) is 143 cm³/mol. The average molecular weight is 579 g/mol. The van der Waals surface area contributed by atoms with Crippen LogP contribution in [0.2, 0.25) is 5.02 Å². The minimum absolute atomic E-state index is 0.124. The molecule has 1 amide bonds. The number of aromatic nitrogens is 3. The van der Waals surface area contributed by atoms with E-state index in [9.17, 15) is 19.2 Å². The van der Waals surface area contributed by atoms with Gasteiger partial charge in [0.2, 0.25) is 0 Å². The molecular weight excluding hydrogens is 544 g/mol. The van der Waals surface area contributed by atoms with Crippen molar-refractivity contribution < 1.29 is 38.1 Å². The largest absolute Gasteiger partial charge is 0.463 e. The molecule has 0 radical (unpaired) electrons. The maximum Gasteiger partial charge on any atom is 0.408 e. The Morgan fingerprint density at radius 1 is 1.23 bits per heavy atom. The van der Waals surface area contributed by atoms with Gasteiger partial charge in [0.15, 0.2) is 12.1 Å². The number of esters is 3. The Kier molecular flexibility index (Phi) is 10.1. The van der Waals surface area contributed by atoms with Gasteiger partial charge in [0.25, 0.3) is 0 Å². The molecular formula is C27H35ClN4O8. The monoisotopic (exact) mass is 578 g/mol. The van der Waals surface area contributed by atoms with Crippen LogP contribution in [0.3, 0.4) is 0 Å². The number of halogens is 1. The zero-order chi connectivity index (χ0) is 29.6. The average Bonchev–Trinajstić information content (AvgIpc) is 3.33. The lowest BCUT2D eigenvalue weighted by molar-refractivity contribution is -0.177. The van der Waals surface area contributed by atoms with Crippen molar-refractivity contribution in [1.82, 2.24) is 20.3 Å². The second kappa shape index (κ2) is 13.1. The van der Waals surface area contributed by atoms with Crippen LogP contribution in [0.1, 0.15) is 48.0 Å². The van der Waals surface area contributed by atoms with Gasteiger partial charge in [-0.3, -0.25) is 14.3 Å². The number of ether oxygens (including phenoxy) is 4. The van der Waals surface area contributed by atoms with E-state index < -0.39 is 66.3 Å². The summed E-state index contributed by atoms with van der Waals surface area (Å²) in [4.78, 5) is 51.0. The number of rotatable bonds is 7. The predicted octanol–water partition coefficient (Wildman–Crippen LogP) is 3.55. The SMILES string of the molecule is CC(C)C(=O)O[C@H]1[C@H](C)OC(=O)[C@@H](NC(=O)OC(C)(C)C)COC(=O)[C@@H]1CCn1cc(-c2cccc(Cl)c2)nn1. The summed E-state index contributed by atoms with van der Waals surface area (Å²) in [6, 6.07) is 5.82. The summed E-state index contributed by atoms with van der Waals surface area (Å²) in [5, 5.41) is 11.2. The number of nitrogens with zero attached hydrogens (tertiary/aromatic N) is 3. The van der Waals surface area contributed by atoms with E-state index in [4.69, 9.17) is 30.5 Å². The molecule has 1 fully saturated rings. The molecule has 40 heavy (non-hydrogen) atoms. The van der Waals surface area contributed by atoms with Gasteiger partial charge in [0.05, 0.1) is 18.0 Å². The van der Waals surface area contributed by atoms with Crippen LogP contribution in [0.5, 0.6) is 0 Å². The first-order valence-electron chi connectivity index (χ1n) is 13.0. The van der Waals surface area contributed by atoms with Crippen molar-refractivity contribution in [2.24, 2.45) is 11.8 Å². The van der Waals surface area contributed by atoms with Crippen molar-refractivity contribution in [3.8, 4) is 11.3 Å². The first-order chi connectivity index (χ1) is 18.7. The molecule has 12 nitrogen and oxygen atoms in total. The van der Waals surface area contributed by atoms with Crippen molar-refractivity contribution in [1.29, 1.82) is 0 Å². The molecule has 0 spiro atoms. The summed E-state index contributed by atoms with van der Waals surface area (Å²) >= 11 is 6.08. The van der Waals surface area contributed by atoms with Crippen LogP contribution >= 0.6 is 11.6 Å². The number of cyclic esters (lactones) is 2. The summed E-state index contributed by atoms with van der Waals surface area (Å²) in [5.74, 6) is -3.66. The molecule has 2 aromatic rings. The molecule has 1 saturated heterocycles. The summed E-state index contributed by atoms with van der Waals surface area (Å²) in [7, 11) is 0. The molecule has 0 unspecified atom stereocenters.